The number of hydrogen-bond acceptors (Lipinski definition) is 3. The van der Waals surface area contributed by atoms with Gasteiger partial charge in [0.05, 0.1) is 6.21 Å². The van der Waals surface area contributed by atoms with Gasteiger partial charge in [-0.3, -0.25) is 5.21 Å². The number of benzene rings is 1. The van der Waals surface area contributed by atoms with Gasteiger partial charge in [0.2, 0.25) is 5.96 Å². The third kappa shape index (κ3) is 3.35. The summed E-state index contributed by atoms with van der Waals surface area (Å²) in [5.41, 5.74) is 7.69. The van der Waals surface area contributed by atoms with E-state index in [0.29, 0.717) is 0 Å². The van der Waals surface area contributed by atoms with Crippen LogP contribution in [0.5, 0.6) is 0 Å². The van der Waals surface area contributed by atoms with Gasteiger partial charge in [0, 0.05) is 0 Å². The van der Waals surface area contributed by atoms with Gasteiger partial charge in [0.15, 0.2) is 0 Å². The van der Waals surface area contributed by atoms with Crippen molar-refractivity contribution >= 4 is 12.2 Å². The Kier molecular flexibility index (Phi) is 3.46. The summed E-state index contributed by atoms with van der Waals surface area (Å²) in [5, 5.41) is 15.3. The van der Waals surface area contributed by atoms with E-state index >= 15 is 0 Å². The van der Waals surface area contributed by atoms with E-state index in [4.69, 9.17) is 10.9 Å². The van der Waals surface area contributed by atoms with E-state index < -0.39 is 0 Å². The van der Waals surface area contributed by atoms with E-state index in [9.17, 15) is 0 Å². The Bertz CT molecular complexity index is 307. The van der Waals surface area contributed by atoms with Crippen molar-refractivity contribution in [1.82, 2.24) is 5.48 Å². The van der Waals surface area contributed by atoms with Crippen LogP contribution in [0.3, 0.4) is 0 Å². The highest BCUT2D eigenvalue weighted by atomic mass is 16.5. The summed E-state index contributed by atoms with van der Waals surface area (Å²) in [6.07, 6.45) is 1.53. The number of rotatable bonds is 2. The summed E-state index contributed by atoms with van der Waals surface area (Å²) < 4.78 is 0. The van der Waals surface area contributed by atoms with Gasteiger partial charge in [0.1, 0.15) is 0 Å². The number of nitrogens with two attached hydrogens (primary N) is 1. The topological polar surface area (TPSA) is 83.0 Å². The lowest BCUT2D eigenvalue weighted by molar-refractivity contribution is 0.232. The highest BCUT2D eigenvalue weighted by molar-refractivity contribution is 5.81. The molecule has 1 aromatic rings. The first-order chi connectivity index (χ1) is 6.33. The number of guanidine groups is 1. The van der Waals surface area contributed by atoms with Crippen LogP contribution in [0, 0.1) is 0 Å². The van der Waals surface area contributed by atoms with E-state index in [2.05, 4.69) is 10.2 Å². The minimum absolute atomic E-state index is 0.146. The molecule has 0 aliphatic rings. The Balaban J connectivity index is 2.60. The minimum atomic E-state index is -0.146. The zero-order valence-electron chi connectivity index (χ0n) is 6.88. The van der Waals surface area contributed by atoms with Crippen molar-refractivity contribution in [3.63, 3.8) is 0 Å². The fourth-order valence-corrected chi connectivity index (χ4v) is 0.719. The second kappa shape index (κ2) is 4.89. The Morgan fingerprint density at radius 2 is 2.08 bits per heavy atom. The van der Waals surface area contributed by atoms with Gasteiger partial charge in [-0.05, 0) is 5.56 Å². The first-order valence-electron chi connectivity index (χ1n) is 3.64. The fraction of sp³-hybridized carbons (Fsp3) is 0. The van der Waals surface area contributed by atoms with Crippen molar-refractivity contribution in [1.29, 1.82) is 0 Å². The molecule has 1 rings (SSSR count). The second-order valence-electron chi connectivity index (χ2n) is 2.25. The number of hydrogen-bond donors (Lipinski definition) is 3. The molecule has 1 aromatic carbocycles. The molecule has 5 heteroatoms. The van der Waals surface area contributed by atoms with Crippen LogP contribution in [0.15, 0.2) is 40.5 Å². The summed E-state index contributed by atoms with van der Waals surface area (Å²) in [4.78, 5) is 0. The maximum absolute atomic E-state index is 8.25. The highest BCUT2D eigenvalue weighted by Crippen LogP contribution is 1.93. The van der Waals surface area contributed by atoms with Crippen molar-refractivity contribution in [3.05, 3.63) is 35.9 Å². The summed E-state index contributed by atoms with van der Waals surface area (Å²) in [6.45, 7) is 0. The smallest absolute Gasteiger partial charge is 0.237 e. The van der Waals surface area contributed by atoms with E-state index in [0.717, 1.165) is 5.56 Å². The van der Waals surface area contributed by atoms with Crippen molar-refractivity contribution < 1.29 is 5.21 Å². The molecule has 0 unspecified atom stereocenters. The molecule has 0 heterocycles. The lowest BCUT2D eigenvalue weighted by atomic mass is 10.2. The number of hydroxylamine groups is 1. The standard InChI is InChI=1S/C8H10N4O/c9-8(12-13)11-10-6-7-4-2-1-3-5-7/h1-6,13H,(H3,9,11,12)/b10-6+. The van der Waals surface area contributed by atoms with Crippen molar-refractivity contribution in [2.45, 2.75) is 0 Å². The molecule has 0 amide bonds. The van der Waals surface area contributed by atoms with Crippen LogP contribution in [-0.2, 0) is 0 Å². The van der Waals surface area contributed by atoms with E-state index in [1.165, 1.54) is 6.21 Å². The molecule has 0 saturated heterocycles. The molecule has 4 N–H and O–H groups in total. The third-order valence-corrected chi connectivity index (χ3v) is 1.29. The molecular formula is C8H10N4O. The predicted octanol–water partition coefficient (Wildman–Crippen LogP) is 0.314. The maximum Gasteiger partial charge on any atom is 0.237 e. The Hall–Kier alpha value is -1.88. The van der Waals surface area contributed by atoms with Gasteiger partial charge in [-0.2, -0.15) is 5.10 Å². The summed E-state index contributed by atoms with van der Waals surface area (Å²) >= 11 is 0. The zero-order chi connectivity index (χ0) is 9.52. The predicted molar refractivity (Wildman–Crippen MR) is 50.6 cm³/mol. The van der Waals surface area contributed by atoms with Crippen LogP contribution in [0.1, 0.15) is 5.56 Å². The molecule has 13 heavy (non-hydrogen) atoms. The van der Waals surface area contributed by atoms with Gasteiger partial charge in [-0.1, -0.05) is 30.3 Å². The second-order valence-corrected chi connectivity index (χ2v) is 2.25. The van der Waals surface area contributed by atoms with Crippen LogP contribution < -0.4 is 11.2 Å². The van der Waals surface area contributed by atoms with Crippen molar-refractivity contribution in [3.8, 4) is 0 Å². The monoisotopic (exact) mass is 178 g/mol. The third-order valence-electron chi connectivity index (χ3n) is 1.29. The zero-order valence-corrected chi connectivity index (χ0v) is 6.88. The molecule has 0 radical (unpaired) electrons. The van der Waals surface area contributed by atoms with Crippen LogP contribution in [0.4, 0.5) is 0 Å². The molecule has 0 aromatic heterocycles. The molecule has 0 aliphatic heterocycles. The number of nitrogens with one attached hydrogen (secondary N) is 1. The average molecular weight is 178 g/mol. The molecule has 0 saturated carbocycles. The Morgan fingerprint density at radius 1 is 1.38 bits per heavy atom. The Labute approximate surface area is 75.6 Å². The van der Waals surface area contributed by atoms with E-state index in [1.807, 2.05) is 30.3 Å². The lowest BCUT2D eigenvalue weighted by Crippen LogP contribution is -2.27. The average Bonchev–Trinajstić information content (AvgIpc) is 2.19. The highest BCUT2D eigenvalue weighted by Gasteiger charge is 1.83. The van der Waals surface area contributed by atoms with Crippen LogP contribution in [-0.4, -0.2) is 17.4 Å². The van der Waals surface area contributed by atoms with Crippen molar-refractivity contribution in [2.24, 2.45) is 15.9 Å². The van der Waals surface area contributed by atoms with Gasteiger partial charge in [0.25, 0.3) is 0 Å². The molecule has 0 aliphatic carbocycles. The van der Waals surface area contributed by atoms with E-state index in [1.54, 1.807) is 5.48 Å². The van der Waals surface area contributed by atoms with Crippen LogP contribution in [0.2, 0.25) is 0 Å². The lowest BCUT2D eigenvalue weighted by Gasteiger charge is -1.91. The first kappa shape index (κ1) is 9.21. The molecule has 0 atom stereocenters. The summed E-state index contributed by atoms with van der Waals surface area (Å²) in [6, 6.07) is 9.44. The first-order valence-corrected chi connectivity index (χ1v) is 3.64. The Morgan fingerprint density at radius 3 is 2.69 bits per heavy atom. The van der Waals surface area contributed by atoms with Crippen LogP contribution >= 0.6 is 0 Å². The maximum atomic E-state index is 8.25. The number of nitrogens with zero attached hydrogens (tertiary/aromatic N) is 2. The van der Waals surface area contributed by atoms with Gasteiger partial charge < -0.3 is 5.73 Å². The molecule has 0 bridgehead atoms. The van der Waals surface area contributed by atoms with Crippen LogP contribution in [0.25, 0.3) is 0 Å². The SMILES string of the molecule is N/C(=N\N=C\c1ccccc1)NO. The largest absolute Gasteiger partial charge is 0.367 e. The van der Waals surface area contributed by atoms with Gasteiger partial charge in [-0.25, -0.2) is 5.48 Å². The molecular weight excluding hydrogens is 168 g/mol. The minimum Gasteiger partial charge on any atom is -0.367 e. The summed E-state index contributed by atoms with van der Waals surface area (Å²) in [5.74, 6) is -0.146. The molecule has 5 nitrogen and oxygen atoms in total. The molecule has 68 valence electrons. The van der Waals surface area contributed by atoms with Crippen molar-refractivity contribution in [2.75, 3.05) is 0 Å². The summed E-state index contributed by atoms with van der Waals surface area (Å²) in [7, 11) is 0. The van der Waals surface area contributed by atoms with Gasteiger partial charge in [-0.15, -0.1) is 5.10 Å². The quantitative estimate of drug-likeness (QED) is 0.346. The molecule has 0 fully saturated rings. The normalized spacial score (nSPS) is 11.9. The molecule has 0 spiro atoms. The fourth-order valence-electron chi connectivity index (χ4n) is 0.719. The van der Waals surface area contributed by atoms with E-state index in [-0.39, 0.29) is 5.96 Å². The van der Waals surface area contributed by atoms with Gasteiger partial charge >= 0.3 is 0 Å².